The summed E-state index contributed by atoms with van der Waals surface area (Å²) in [5, 5.41) is 14.4. The quantitative estimate of drug-likeness (QED) is 0.592. The van der Waals surface area contributed by atoms with Crippen LogP contribution in [0.4, 0.5) is 5.69 Å². The van der Waals surface area contributed by atoms with Crippen LogP contribution in [0.5, 0.6) is 0 Å². The monoisotopic (exact) mass is 371 g/mol. The van der Waals surface area contributed by atoms with Gasteiger partial charge in [0.2, 0.25) is 0 Å². The molecule has 1 N–H and O–H groups in total. The van der Waals surface area contributed by atoms with Gasteiger partial charge in [0.05, 0.1) is 16.9 Å². The molecule has 0 aliphatic heterocycles. The fourth-order valence-corrected chi connectivity index (χ4v) is 2.84. The number of aromatic nitrogens is 6. The molecule has 8 nitrogen and oxygen atoms in total. The van der Waals surface area contributed by atoms with Crippen LogP contribution in [0.15, 0.2) is 60.8 Å². The van der Waals surface area contributed by atoms with Crippen LogP contribution >= 0.6 is 0 Å². The largest absolute Gasteiger partial charge is 0.322 e. The van der Waals surface area contributed by atoms with E-state index >= 15 is 0 Å². The minimum atomic E-state index is -0.288. The van der Waals surface area contributed by atoms with Crippen molar-refractivity contribution in [1.82, 2.24) is 30.2 Å². The number of tetrazole rings is 1. The summed E-state index contributed by atoms with van der Waals surface area (Å²) in [5.41, 5.74) is 3.23. The van der Waals surface area contributed by atoms with Crippen LogP contribution in [0.25, 0.3) is 16.9 Å². The normalized spacial score (nSPS) is 10.6. The van der Waals surface area contributed by atoms with Crippen molar-refractivity contribution in [1.29, 1.82) is 0 Å². The highest BCUT2D eigenvalue weighted by atomic mass is 16.1. The smallest absolute Gasteiger partial charge is 0.259 e. The Morgan fingerprint density at radius 1 is 1.04 bits per heavy atom. The van der Waals surface area contributed by atoms with E-state index in [1.807, 2.05) is 42.5 Å². The average Bonchev–Trinajstić information content (AvgIpc) is 3.14. The fourth-order valence-electron chi connectivity index (χ4n) is 2.84. The summed E-state index contributed by atoms with van der Waals surface area (Å²) < 4.78 is 1.60. The Hall–Kier alpha value is -3.94. The second-order valence-corrected chi connectivity index (χ2v) is 6.19. The summed E-state index contributed by atoms with van der Waals surface area (Å²) in [7, 11) is 0. The molecule has 0 fully saturated rings. The first-order valence-electron chi connectivity index (χ1n) is 8.67. The Bertz CT molecular complexity index is 1140. The van der Waals surface area contributed by atoms with Gasteiger partial charge in [0.15, 0.2) is 5.82 Å². The molecule has 0 atom stereocenters. The Morgan fingerprint density at radius 2 is 1.86 bits per heavy atom. The van der Waals surface area contributed by atoms with Crippen molar-refractivity contribution < 1.29 is 4.79 Å². The lowest BCUT2D eigenvalue weighted by Crippen LogP contribution is -2.15. The molecule has 2 aromatic carbocycles. The van der Waals surface area contributed by atoms with E-state index in [1.165, 1.54) is 0 Å². The van der Waals surface area contributed by atoms with Gasteiger partial charge in [-0.05, 0) is 42.5 Å². The van der Waals surface area contributed by atoms with E-state index in [1.54, 1.807) is 36.9 Å². The Morgan fingerprint density at radius 3 is 2.61 bits per heavy atom. The lowest BCUT2D eigenvalue weighted by atomic mass is 10.1. The maximum atomic E-state index is 12.9. The summed E-state index contributed by atoms with van der Waals surface area (Å²) >= 11 is 0. The molecule has 0 bridgehead atoms. The van der Waals surface area contributed by atoms with Crippen LogP contribution in [0, 0.1) is 13.8 Å². The molecule has 138 valence electrons. The highest BCUT2D eigenvalue weighted by molar-refractivity contribution is 6.08. The molecule has 4 aromatic rings. The Kier molecular flexibility index (Phi) is 4.59. The van der Waals surface area contributed by atoms with E-state index in [2.05, 4.69) is 30.8 Å². The number of nitrogens with one attached hydrogen (secondary N) is 1. The molecule has 0 unspecified atom stereocenters. The number of anilines is 1. The van der Waals surface area contributed by atoms with Crippen LogP contribution < -0.4 is 5.32 Å². The van der Waals surface area contributed by atoms with Crippen molar-refractivity contribution in [2.75, 3.05) is 5.32 Å². The third kappa shape index (κ3) is 3.48. The second-order valence-electron chi connectivity index (χ2n) is 6.19. The molecule has 0 saturated carbocycles. The first-order valence-corrected chi connectivity index (χ1v) is 8.67. The molecule has 28 heavy (non-hydrogen) atoms. The van der Waals surface area contributed by atoms with Gasteiger partial charge >= 0.3 is 0 Å². The molecule has 0 aliphatic carbocycles. The number of amides is 1. The van der Waals surface area contributed by atoms with Crippen LogP contribution in [0.2, 0.25) is 0 Å². The summed E-state index contributed by atoms with van der Waals surface area (Å²) in [6.07, 6.45) is 1.55. The van der Waals surface area contributed by atoms with E-state index < -0.39 is 0 Å². The third-order valence-electron chi connectivity index (χ3n) is 4.18. The number of hydrogen-bond donors (Lipinski definition) is 1. The van der Waals surface area contributed by atoms with Crippen molar-refractivity contribution in [2.24, 2.45) is 0 Å². The SMILES string of the molecule is Cc1ncc(C(=O)Nc2cccc(-n3nnnc3C)c2)c(-c2ccccc2)n1. The predicted molar refractivity (Wildman–Crippen MR) is 104 cm³/mol. The third-order valence-corrected chi connectivity index (χ3v) is 4.18. The number of carbonyl (C=O) groups excluding carboxylic acids is 1. The van der Waals surface area contributed by atoms with Gasteiger partial charge in [0, 0.05) is 17.4 Å². The molecule has 0 spiro atoms. The zero-order valence-corrected chi connectivity index (χ0v) is 15.4. The maximum absolute atomic E-state index is 12.9. The molecule has 1 amide bonds. The van der Waals surface area contributed by atoms with Gasteiger partial charge in [0.1, 0.15) is 5.82 Å². The minimum absolute atomic E-state index is 0.288. The average molecular weight is 371 g/mol. The molecular formula is C20H17N7O. The van der Waals surface area contributed by atoms with Crippen molar-refractivity contribution in [3.63, 3.8) is 0 Å². The van der Waals surface area contributed by atoms with Crippen LogP contribution in [0.3, 0.4) is 0 Å². The van der Waals surface area contributed by atoms with Gasteiger partial charge in [-0.2, -0.15) is 4.68 Å². The van der Waals surface area contributed by atoms with Gasteiger partial charge in [-0.3, -0.25) is 4.79 Å². The van der Waals surface area contributed by atoms with E-state index in [0.29, 0.717) is 28.6 Å². The molecule has 2 aromatic heterocycles. The highest BCUT2D eigenvalue weighted by Gasteiger charge is 2.16. The summed E-state index contributed by atoms with van der Waals surface area (Å²) in [4.78, 5) is 21.6. The molecule has 0 aliphatic rings. The molecule has 8 heteroatoms. The zero-order valence-electron chi connectivity index (χ0n) is 15.4. The Balaban J connectivity index is 1.66. The maximum Gasteiger partial charge on any atom is 0.259 e. The predicted octanol–water partition coefficient (Wildman–Crippen LogP) is 2.99. The summed E-state index contributed by atoms with van der Waals surface area (Å²) in [6.45, 7) is 3.60. The first-order chi connectivity index (χ1) is 13.6. The minimum Gasteiger partial charge on any atom is -0.322 e. The number of carbonyl (C=O) groups is 1. The highest BCUT2D eigenvalue weighted by Crippen LogP contribution is 2.22. The fraction of sp³-hybridized carbons (Fsp3) is 0.100. The van der Waals surface area contributed by atoms with Gasteiger partial charge in [-0.1, -0.05) is 36.4 Å². The number of nitrogens with zero attached hydrogens (tertiary/aromatic N) is 6. The van der Waals surface area contributed by atoms with E-state index in [0.717, 1.165) is 11.3 Å². The Labute approximate surface area is 161 Å². The lowest BCUT2D eigenvalue weighted by Gasteiger charge is -2.11. The van der Waals surface area contributed by atoms with E-state index in [9.17, 15) is 4.79 Å². The van der Waals surface area contributed by atoms with Crippen molar-refractivity contribution in [2.45, 2.75) is 13.8 Å². The van der Waals surface area contributed by atoms with E-state index in [4.69, 9.17) is 0 Å². The summed E-state index contributed by atoms with van der Waals surface area (Å²) in [5.74, 6) is 0.970. The number of rotatable bonds is 4. The lowest BCUT2D eigenvalue weighted by molar-refractivity contribution is 0.102. The topological polar surface area (TPSA) is 98.5 Å². The zero-order chi connectivity index (χ0) is 19.5. The molecule has 4 rings (SSSR count). The van der Waals surface area contributed by atoms with Crippen molar-refractivity contribution >= 4 is 11.6 Å². The van der Waals surface area contributed by atoms with Crippen LogP contribution in [0.1, 0.15) is 22.0 Å². The molecule has 0 saturated heterocycles. The van der Waals surface area contributed by atoms with Gasteiger partial charge in [-0.15, -0.1) is 5.10 Å². The van der Waals surface area contributed by atoms with Gasteiger partial charge in [0.25, 0.3) is 5.91 Å². The summed E-state index contributed by atoms with van der Waals surface area (Å²) in [6, 6.07) is 16.9. The van der Waals surface area contributed by atoms with Gasteiger partial charge in [-0.25, -0.2) is 9.97 Å². The number of benzene rings is 2. The molecule has 2 heterocycles. The number of hydrogen-bond acceptors (Lipinski definition) is 6. The number of aryl methyl sites for hydroxylation is 2. The van der Waals surface area contributed by atoms with Crippen LogP contribution in [-0.2, 0) is 0 Å². The van der Waals surface area contributed by atoms with Crippen LogP contribution in [-0.4, -0.2) is 36.1 Å². The standard InChI is InChI=1S/C20H17N7O/c1-13-21-12-18(19(22-13)15-7-4-3-5-8-15)20(28)23-16-9-6-10-17(11-16)27-14(2)24-25-26-27/h3-12H,1-2H3,(H,23,28). The molecule has 0 radical (unpaired) electrons. The van der Waals surface area contributed by atoms with E-state index in [-0.39, 0.29) is 5.91 Å². The molecular weight excluding hydrogens is 354 g/mol. The van der Waals surface area contributed by atoms with Crippen molar-refractivity contribution in [3.05, 3.63) is 78.0 Å². The first kappa shape index (κ1) is 17.5. The second kappa shape index (κ2) is 7.36. The van der Waals surface area contributed by atoms with Crippen molar-refractivity contribution in [3.8, 4) is 16.9 Å². The van der Waals surface area contributed by atoms with Gasteiger partial charge < -0.3 is 5.32 Å².